The van der Waals surface area contributed by atoms with Crippen LogP contribution < -0.4 is 5.73 Å². The van der Waals surface area contributed by atoms with Crippen LogP contribution in [0.3, 0.4) is 0 Å². The number of amides is 2. The van der Waals surface area contributed by atoms with Crippen molar-refractivity contribution < 1.29 is 9.59 Å². The summed E-state index contributed by atoms with van der Waals surface area (Å²) in [4.78, 5) is 34.1. The number of fused-ring (bicyclic) bond motifs is 2. The fraction of sp³-hybridized carbons (Fsp3) is 0.350. The molecule has 0 fully saturated rings. The number of nitrogens with zero attached hydrogens (tertiary/aromatic N) is 5. The van der Waals surface area contributed by atoms with Gasteiger partial charge in [0.1, 0.15) is 11.6 Å². The van der Waals surface area contributed by atoms with E-state index in [4.69, 9.17) is 5.73 Å². The molecule has 0 bridgehead atoms. The van der Waals surface area contributed by atoms with Gasteiger partial charge in [-0.25, -0.2) is 4.98 Å². The number of imidazole rings is 1. The summed E-state index contributed by atoms with van der Waals surface area (Å²) in [5, 5.41) is 8.35. The Morgan fingerprint density at radius 1 is 1.03 bits per heavy atom. The van der Waals surface area contributed by atoms with Crippen LogP contribution in [0.5, 0.6) is 0 Å². The van der Waals surface area contributed by atoms with Gasteiger partial charge in [-0.05, 0) is 25.0 Å². The first-order chi connectivity index (χ1) is 14.1. The van der Waals surface area contributed by atoms with Gasteiger partial charge in [-0.15, -0.1) is 10.2 Å². The number of hydrogen-bond acceptors (Lipinski definition) is 5. The van der Waals surface area contributed by atoms with Crippen molar-refractivity contribution in [3.63, 3.8) is 0 Å². The third kappa shape index (κ3) is 3.08. The lowest BCUT2D eigenvalue weighted by Gasteiger charge is -2.26. The van der Waals surface area contributed by atoms with Crippen LogP contribution >= 0.6 is 0 Å². The predicted octanol–water partition coefficient (Wildman–Crippen LogP) is 1.30. The third-order valence-corrected chi connectivity index (χ3v) is 5.61. The molecule has 0 saturated heterocycles. The van der Waals surface area contributed by atoms with Crippen molar-refractivity contribution in [3.05, 3.63) is 52.9 Å². The van der Waals surface area contributed by atoms with E-state index >= 15 is 0 Å². The number of H-pyrrole nitrogens is 1. The molecule has 5 rings (SSSR count). The lowest BCUT2D eigenvalue weighted by Crippen LogP contribution is -2.37. The van der Waals surface area contributed by atoms with E-state index in [0.29, 0.717) is 30.9 Å². The van der Waals surface area contributed by atoms with E-state index in [1.54, 1.807) is 17.0 Å². The Hall–Kier alpha value is -3.49. The first-order valence-electron chi connectivity index (χ1n) is 9.79. The van der Waals surface area contributed by atoms with Gasteiger partial charge in [-0.2, -0.15) is 0 Å². The fourth-order valence-electron chi connectivity index (χ4n) is 4.00. The Labute approximate surface area is 166 Å². The average Bonchev–Trinajstić information content (AvgIpc) is 3.37. The minimum absolute atomic E-state index is 0.0849. The maximum atomic E-state index is 13.0. The SMILES string of the molecule is NC(=O)c1ccc(-c2nc3c([nH]2)CN(C(=O)c2nnc4n2CCCC4)CC3)cc1. The monoisotopic (exact) mass is 391 g/mol. The van der Waals surface area contributed by atoms with Crippen LogP contribution in [0.1, 0.15) is 51.0 Å². The maximum absolute atomic E-state index is 13.0. The van der Waals surface area contributed by atoms with E-state index in [1.165, 1.54) is 0 Å². The fourth-order valence-corrected chi connectivity index (χ4v) is 4.00. The smallest absolute Gasteiger partial charge is 0.292 e. The molecule has 0 radical (unpaired) electrons. The molecule has 0 aliphatic carbocycles. The standard InChI is InChI=1S/C20H21N7O2/c21-17(28)12-4-6-13(7-5-12)18-22-14-8-10-26(11-15(14)23-18)20(29)19-25-24-16-3-1-2-9-27(16)19/h4-7H,1-3,8-11H2,(H2,21,28)(H,22,23). The summed E-state index contributed by atoms with van der Waals surface area (Å²) in [6, 6.07) is 7.00. The summed E-state index contributed by atoms with van der Waals surface area (Å²) in [6.07, 6.45) is 3.70. The van der Waals surface area contributed by atoms with E-state index < -0.39 is 5.91 Å². The van der Waals surface area contributed by atoms with Gasteiger partial charge in [0, 0.05) is 37.1 Å². The molecule has 2 aliphatic rings. The molecule has 2 aromatic heterocycles. The van der Waals surface area contributed by atoms with Gasteiger partial charge < -0.3 is 20.2 Å². The second-order valence-corrected chi connectivity index (χ2v) is 7.48. The molecule has 3 aromatic rings. The quantitative estimate of drug-likeness (QED) is 0.697. The molecule has 148 valence electrons. The number of benzene rings is 1. The molecule has 1 aromatic carbocycles. The van der Waals surface area contributed by atoms with Gasteiger partial charge in [0.2, 0.25) is 11.7 Å². The Kier molecular flexibility index (Phi) is 4.15. The number of nitrogens with one attached hydrogen (secondary N) is 1. The van der Waals surface area contributed by atoms with Crippen LogP contribution in [0.4, 0.5) is 0 Å². The van der Waals surface area contributed by atoms with E-state index in [9.17, 15) is 9.59 Å². The summed E-state index contributed by atoms with van der Waals surface area (Å²) in [5.74, 6) is 1.52. The first kappa shape index (κ1) is 17.6. The third-order valence-electron chi connectivity index (χ3n) is 5.61. The van der Waals surface area contributed by atoms with E-state index in [2.05, 4.69) is 20.2 Å². The highest BCUT2D eigenvalue weighted by Crippen LogP contribution is 2.24. The minimum Gasteiger partial charge on any atom is -0.366 e. The summed E-state index contributed by atoms with van der Waals surface area (Å²) >= 11 is 0. The number of rotatable bonds is 3. The van der Waals surface area contributed by atoms with Gasteiger partial charge in [-0.1, -0.05) is 12.1 Å². The highest BCUT2D eigenvalue weighted by atomic mass is 16.2. The molecule has 0 spiro atoms. The van der Waals surface area contributed by atoms with Gasteiger partial charge in [-0.3, -0.25) is 9.59 Å². The largest absolute Gasteiger partial charge is 0.366 e. The predicted molar refractivity (Wildman–Crippen MR) is 104 cm³/mol. The average molecular weight is 391 g/mol. The molecule has 9 nitrogen and oxygen atoms in total. The normalized spacial score (nSPS) is 15.7. The summed E-state index contributed by atoms with van der Waals surface area (Å²) < 4.78 is 1.96. The van der Waals surface area contributed by atoms with Crippen LogP contribution in [0, 0.1) is 0 Å². The van der Waals surface area contributed by atoms with Gasteiger partial charge in [0.05, 0.1) is 17.9 Å². The number of aromatic amines is 1. The highest BCUT2D eigenvalue weighted by Gasteiger charge is 2.29. The van der Waals surface area contributed by atoms with Crippen LogP contribution in [-0.4, -0.2) is 48.0 Å². The van der Waals surface area contributed by atoms with Crippen molar-refractivity contribution in [1.82, 2.24) is 29.6 Å². The lowest BCUT2D eigenvalue weighted by molar-refractivity contribution is 0.0712. The molecule has 4 heterocycles. The second-order valence-electron chi connectivity index (χ2n) is 7.48. The molecule has 0 saturated carbocycles. The summed E-state index contributed by atoms with van der Waals surface area (Å²) in [5.41, 5.74) is 8.52. The Balaban J connectivity index is 1.37. The van der Waals surface area contributed by atoms with Crippen molar-refractivity contribution in [1.29, 1.82) is 0 Å². The van der Waals surface area contributed by atoms with E-state index in [-0.39, 0.29) is 5.91 Å². The molecule has 29 heavy (non-hydrogen) atoms. The number of carbonyl (C=O) groups excluding carboxylic acids is 2. The number of primary amides is 1. The molecule has 2 amide bonds. The van der Waals surface area contributed by atoms with Crippen LogP contribution in [0.2, 0.25) is 0 Å². The molecule has 2 aliphatic heterocycles. The zero-order valence-corrected chi connectivity index (χ0v) is 15.9. The van der Waals surface area contributed by atoms with Gasteiger partial charge >= 0.3 is 0 Å². The molecule has 0 unspecified atom stereocenters. The number of carbonyl (C=O) groups is 2. The number of nitrogens with two attached hydrogens (primary N) is 1. The molecular formula is C20H21N7O2. The van der Waals surface area contributed by atoms with E-state index in [1.807, 2.05) is 16.7 Å². The Bertz CT molecular complexity index is 1100. The van der Waals surface area contributed by atoms with E-state index in [0.717, 1.165) is 54.4 Å². The summed E-state index contributed by atoms with van der Waals surface area (Å²) in [6.45, 7) is 1.86. The zero-order chi connectivity index (χ0) is 20.0. The molecule has 0 atom stereocenters. The lowest BCUT2D eigenvalue weighted by atomic mass is 10.1. The van der Waals surface area contributed by atoms with Crippen LogP contribution in [0.25, 0.3) is 11.4 Å². The number of aromatic nitrogens is 5. The number of aryl methyl sites for hydroxylation is 1. The molecule has 9 heteroatoms. The number of hydrogen-bond donors (Lipinski definition) is 2. The molecular weight excluding hydrogens is 370 g/mol. The highest BCUT2D eigenvalue weighted by molar-refractivity contribution is 5.93. The molecule has 3 N–H and O–H groups in total. The van der Waals surface area contributed by atoms with Crippen LogP contribution in [0.15, 0.2) is 24.3 Å². The summed E-state index contributed by atoms with van der Waals surface area (Å²) in [7, 11) is 0. The topological polar surface area (TPSA) is 123 Å². The Morgan fingerprint density at radius 2 is 1.86 bits per heavy atom. The maximum Gasteiger partial charge on any atom is 0.292 e. The minimum atomic E-state index is -0.458. The second kappa shape index (κ2) is 6.84. The van der Waals surface area contributed by atoms with Crippen LogP contribution in [-0.2, 0) is 25.9 Å². The van der Waals surface area contributed by atoms with Crippen molar-refractivity contribution in [2.75, 3.05) is 6.54 Å². The Morgan fingerprint density at radius 3 is 2.66 bits per heavy atom. The van der Waals surface area contributed by atoms with Gasteiger partial charge in [0.25, 0.3) is 5.91 Å². The first-order valence-corrected chi connectivity index (χ1v) is 9.79. The van der Waals surface area contributed by atoms with Crippen molar-refractivity contribution in [2.24, 2.45) is 5.73 Å². The zero-order valence-electron chi connectivity index (χ0n) is 15.9. The van der Waals surface area contributed by atoms with Gasteiger partial charge in [0.15, 0.2) is 0 Å². The van der Waals surface area contributed by atoms with Crippen molar-refractivity contribution >= 4 is 11.8 Å². The van der Waals surface area contributed by atoms with Crippen molar-refractivity contribution in [3.8, 4) is 11.4 Å². The van der Waals surface area contributed by atoms with Crippen molar-refractivity contribution in [2.45, 2.75) is 38.8 Å².